The van der Waals surface area contributed by atoms with E-state index in [1.165, 1.54) is 17.0 Å². The van der Waals surface area contributed by atoms with Gasteiger partial charge in [-0.05, 0) is 41.8 Å². The Kier molecular flexibility index (Phi) is 5.60. The van der Waals surface area contributed by atoms with Crippen LogP contribution in [-0.4, -0.2) is 16.5 Å². The Labute approximate surface area is 151 Å². The first kappa shape index (κ1) is 17.4. The van der Waals surface area contributed by atoms with Gasteiger partial charge in [-0.3, -0.25) is 0 Å². The van der Waals surface area contributed by atoms with Crippen LogP contribution in [0.25, 0.3) is 10.4 Å². The number of hydrogen-bond donors (Lipinski definition) is 2. The fourth-order valence-electron chi connectivity index (χ4n) is 2.26. The maximum atomic E-state index is 13.0. The molecule has 6 heteroatoms. The maximum absolute atomic E-state index is 13.0. The number of benzene rings is 1. The monoisotopic (exact) mass is 356 g/mol. The van der Waals surface area contributed by atoms with Crippen LogP contribution >= 0.6 is 11.3 Å². The van der Waals surface area contributed by atoms with Crippen LogP contribution in [0.4, 0.5) is 16.2 Å². The minimum atomic E-state index is -0.215. The normalized spacial score (nSPS) is 10.9. The highest BCUT2D eigenvalue weighted by Gasteiger charge is 2.05. The van der Waals surface area contributed by atoms with E-state index in [0.29, 0.717) is 18.4 Å². The summed E-state index contributed by atoms with van der Waals surface area (Å²) < 4.78 is 13.0. The highest BCUT2D eigenvalue weighted by molar-refractivity contribution is 7.15. The largest absolute Gasteiger partial charge is 0.365 e. The van der Waals surface area contributed by atoms with Crippen molar-refractivity contribution in [2.75, 3.05) is 17.2 Å². The fourth-order valence-corrected chi connectivity index (χ4v) is 3.21. The molecule has 2 heterocycles. The molecule has 0 unspecified atom stereocenters. The first-order chi connectivity index (χ1) is 12.1. The van der Waals surface area contributed by atoms with E-state index in [0.717, 1.165) is 22.8 Å². The molecule has 1 aromatic carbocycles. The molecule has 0 atom stereocenters. The second-order valence-electron chi connectivity index (χ2n) is 6.17. The summed E-state index contributed by atoms with van der Waals surface area (Å²) in [4.78, 5) is 11.0. The summed E-state index contributed by atoms with van der Waals surface area (Å²) in [5.74, 6) is 1.75. The average Bonchev–Trinajstić information content (AvgIpc) is 3.08. The van der Waals surface area contributed by atoms with Crippen molar-refractivity contribution in [3.8, 4) is 10.4 Å². The Bertz CT molecular complexity index is 814. The maximum Gasteiger partial charge on any atom is 0.224 e. The number of anilines is 2. The molecule has 25 heavy (non-hydrogen) atoms. The second kappa shape index (κ2) is 8.07. The number of hydrogen-bond acceptors (Lipinski definition) is 5. The van der Waals surface area contributed by atoms with E-state index in [1.807, 2.05) is 6.07 Å². The van der Waals surface area contributed by atoms with Gasteiger partial charge in [-0.1, -0.05) is 26.0 Å². The number of rotatable bonds is 7. The lowest BCUT2D eigenvalue weighted by Gasteiger charge is -2.09. The summed E-state index contributed by atoms with van der Waals surface area (Å²) in [5, 5.41) is 6.54. The molecule has 130 valence electrons. The summed E-state index contributed by atoms with van der Waals surface area (Å²) in [6, 6.07) is 12.6. The van der Waals surface area contributed by atoms with Gasteiger partial charge >= 0.3 is 0 Å². The van der Waals surface area contributed by atoms with Gasteiger partial charge in [-0.2, -0.15) is 4.98 Å². The second-order valence-corrected chi connectivity index (χ2v) is 7.33. The van der Waals surface area contributed by atoms with Crippen LogP contribution in [0.15, 0.2) is 48.7 Å². The lowest BCUT2D eigenvalue weighted by molar-refractivity contribution is 0.628. The molecular formula is C19H21FN4S. The smallest absolute Gasteiger partial charge is 0.224 e. The molecule has 3 aromatic rings. The quantitative estimate of drug-likeness (QED) is 0.624. The molecule has 0 spiro atoms. The zero-order chi connectivity index (χ0) is 17.6. The van der Waals surface area contributed by atoms with Gasteiger partial charge in [0.2, 0.25) is 5.95 Å². The Morgan fingerprint density at radius 1 is 1.04 bits per heavy atom. The van der Waals surface area contributed by atoms with E-state index < -0.39 is 0 Å². The summed E-state index contributed by atoms with van der Waals surface area (Å²) >= 11 is 1.69. The van der Waals surface area contributed by atoms with Crippen molar-refractivity contribution in [2.45, 2.75) is 20.4 Å². The van der Waals surface area contributed by atoms with Crippen LogP contribution in [0.5, 0.6) is 0 Å². The Balaban J connectivity index is 1.60. The lowest BCUT2D eigenvalue weighted by atomic mass is 10.2. The summed E-state index contributed by atoms with van der Waals surface area (Å²) in [5.41, 5.74) is 1.03. The molecule has 0 saturated heterocycles. The van der Waals surface area contributed by atoms with Gasteiger partial charge in [0.25, 0.3) is 0 Å². The number of halogens is 1. The van der Waals surface area contributed by atoms with Crippen molar-refractivity contribution < 1.29 is 4.39 Å². The molecule has 0 amide bonds. The minimum absolute atomic E-state index is 0.215. The van der Waals surface area contributed by atoms with Crippen LogP contribution in [-0.2, 0) is 6.54 Å². The molecule has 2 aromatic heterocycles. The summed E-state index contributed by atoms with van der Waals surface area (Å²) in [6.45, 7) is 5.82. The minimum Gasteiger partial charge on any atom is -0.365 e. The van der Waals surface area contributed by atoms with Gasteiger partial charge in [0, 0.05) is 22.5 Å². The molecule has 0 aliphatic carbocycles. The van der Waals surface area contributed by atoms with Gasteiger partial charge in [-0.25, -0.2) is 9.37 Å². The third-order valence-electron chi connectivity index (χ3n) is 3.56. The molecule has 4 nitrogen and oxygen atoms in total. The van der Waals surface area contributed by atoms with Gasteiger partial charge in [0.1, 0.15) is 11.6 Å². The van der Waals surface area contributed by atoms with Gasteiger partial charge in [0.15, 0.2) is 0 Å². The van der Waals surface area contributed by atoms with E-state index in [-0.39, 0.29) is 5.82 Å². The van der Waals surface area contributed by atoms with Gasteiger partial charge in [-0.15, -0.1) is 11.3 Å². The molecule has 2 N–H and O–H groups in total. The molecular weight excluding hydrogens is 335 g/mol. The first-order valence-electron chi connectivity index (χ1n) is 8.25. The average molecular weight is 356 g/mol. The standard InChI is InChI=1S/C19H21FN4S/c1-13(2)11-23-19-21-10-9-18(24-19)22-12-16-7-8-17(25-16)14-3-5-15(20)6-4-14/h3-10,13H,11-12H2,1-2H3,(H2,21,22,23,24). The van der Waals surface area contributed by atoms with Crippen LogP contribution in [0.2, 0.25) is 0 Å². The van der Waals surface area contributed by atoms with E-state index in [1.54, 1.807) is 29.7 Å². The van der Waals surface area contributed by atoms with E-state index in [2.05, 4.69) is 46.6 Å². The molecule has 3 rings (SSSR count). The first-order valence-corrected chi connectivity index (χ1v) is 9.07. The highest BCUT2D eigenvalue weighted by Crippen LogP contribution is 2.28. The zero-order valence-corrected chi connectivity index (χ0v) is 15.1. The molecule has 0 saturated carbocycles. The highest BCUT2D eigenvalue weighted by atomic mass is 32.1. The summed E-state index contributed by atoms with van der Waals surface area (Å²) in [6.07, 6.45) is 1.75. The van der Waals surface area contributed by atoms with Crippen molar-refractivity contribution in [1.82, 2.24) is 9.97 Å². The Hall–Kier alpha value is -2.47. The third kappa shape index (κ3) is 5.00. The molecule has 0 fully saturated rings. The fraction of sp³-hybridized carbons (Fsp3) is 0.263. The van der Waals surface area contributed by atoms with Crippen LogP contribution in [0, 0.1) is 11.7 Å². The van der Waals surface area contributed by atoms with Crippen LogP contribution in [0.1, 0.15) is 18.7 Å². The van der Waals surface area contributed by atoms with E-state index in [9.17, 15) is 4.39 Å². The molecule has 0 radical (unpaired) electrons. The predicted octanol–water partition coefficient (Wildman–Crippen LogP) is 5.02. The zero-order valence-electron chi connectivity index (χ0n) is 14.3. The van der Waals surface area contributed by atoms with Crippen molar-refractivity contribution in [3.63, 3.8) is 0 Å². The molecule has 0 aliphatic heterocycles. The van der Waals surface area contributed by atoms with Crippen molar-refractivity contribution >= 4 is 23.1 Å². The SMILES string of the molecule is CC(C)CNc1nccc(NCc2ccc(-c3ccc(F)cc3)s2)n1. The lowest BCUT2D eigenvalue weighted by Crippen LogP contribution is -2.11. The predicted molar refractivity (Wildman–Crippen MR) is 102 cm³/mol. The summed E-state index contributed by atoms with van der Waals surface area (Å²) in [7, 11) is 0. The topological polar surface area (TPSA) is 49.8 Å². The van der Waals surface area contributed by atoms with Crippen molar-refractivity contribution in [2.24, 2.45) is 5.92 Å². The van der Waals surface area contributed by atoms with Crippen molar-refractivity contribution in [1.29, 1.82) is 0 Å². The number of nitrogens with one attached hydrogen (secondary N) is 2. The van der Waals surface area contributed by atoms with Crippen LogP contribution in [0.3, 0.4) is 0 Å². The molecule has 0 aliphatic rings. The van der Waals surface area contributed by atoms with Gasteiger partial charge < -0.3 is 10.6 Å². The van der Waals surface area contributed by atoms with Crippen LogP contribution < -0.4 is 10.6 Å². The van der Waals surface area contributed by atoms with E-state index in [4.69, 9.17) is 0 Å². The number of nitrogens with zero attached hydrogens (tertiary/aromatic N) is 2. The third-order valence-corrected chi connectivity index (χ3v) is 4.69. The van der Waals surface area contributed by atoms with E-state index >= 15 is 0 Å². The molecule has 0 bridgehead atoms. The number of thiophene rings is 1. The van der Waals surface area contributed by atoms with Crippen molar-refractivity contribution in [3.05, 3.63) is 59.4 Å². The number of aromatic nitrogens is 2. The van der Waals surface area contributed by atoms with Gasteiger partial charge in [0.05, 0.1) is 6.54 Å². The Morgan fingerprint density at radius 2 is 1.84 bits per heavy atom. The Morgan fingerprint density at radius 3 is 2.60 bits per heavy atom.